The Morgan fingerprint density at radius 2 is 2.07 bits per heavy atom. The zero-order chi connectivity index (χ0) is 10.7. The van der Waals surface area contributed by atoms with Gasteiger partial charge < -0.3 is 10.6 Å². The summed E-state index contributed by atoms with van der Waals surface area (Å²) in [4.78, 5) is 13.9. The fraction of sp³-hybridized carbons (Fsp3) is 0.417. The van der Waals surface area contributed by atoms with E-state index in [-0.39, 0.29) is 5.91 Å². The number of carbonyl (C=O) groups excluding carboxylic acids is 1. The van der Waals surface area contributed by atoms with Gasteiger partial charge in [-0.05, 0) is 30.5 Å². The fourth-order valence-corrected chi connectivity index (χ4v) is 1.93. The van der Waals surface area contributed by atoms with Crippen molar-refractivity contribution in [3.63, 3.8) is 0 Å². The monoisotopic (exact) mass is 204 g/mol. The Morgan fingerprint density at radius 1 is 1.33 bits per heavy atom. The molecule has 1 aromatic rings. The minimum absolute atomic E-state index is 0.141. The molecule has 0 aromatic heterocycles. The summed E-state index contributed by atoms with van der Waals surface area (Å²) in [5.41, 5.74) is 7.33. The Morgan fingerprint density at radius 3 is 2.73 bits per heavy atom. The van der Waals surface area contributed by atoms with Gasteiger partial charge in [0.15, 0.2) is 0 Å². The van der Waals surface area contributed by atoms with Crippen LogP contribution in [0.1, 0.15) is 28.8 Å². The lowest BCUT2D eigenvalue weighted by Gasteiger charge is -2.15. The molecule has 0 unspecified atom stereocenters. The summed E-state index contributed by atoms with van der Waals surface area (Å²) in [7, 11) is 0. The summed E-state index contributed by atoms with van der Waals surface area (Å²) < 4.78 is 0. The third-order valence-electron chi connectivity index (χ3n) is 2.80. The summed E-state index contributed by atoms with van der Waals surface area (Å²) in [6.07, 6.45) is 2.25. The number of likely N-dealkylation sites (tertiary alicyclic amines) is 1. The van der Waals surface area contributed by atoms with Gasteiger partial charge in [0, 0.05) is 25.2 Å². The molecule has 0 atom stereocenters. The maximum Gasteiger partial charge on any atom is 0.253 e. The summed E-state index contributed by atoms with van der Waals surface area (Å²) in [6.45, 7) is 2.28. The number of hydrogen-bond acceptors (Lipinski definition) is 2. The molecule has 3 nitrogen and oxygen atoms in total. The molecular weight excluding hydrogens is 188 g/mol. The van der Waals surface area contributed by atoms with Gasteiger partial charge in [-0.1, -0.05) is 12.1 Å². The maximum absolute atomic E-state index is 12.0. The van der Waals surface area contributed by atoms with Crippen LogP contribution in [0.3, 0.4) is 0 Å². The molecule has 0 radical (unpaired) electrons. The van der Waals surface area contributed by atoms with Crippen molar-refractivity contribution in [1.82, 2.24) is 4.90 Å². The minimum atomic E-state index is 0.141. The zero-order valence-electron chi connectivity index (χ0n) is 8.78. The highest BCUT2D eigenvalue weighted by molar-refractivity contribution is 5.94. The number of nitrogens with two attached hydrogens (primary N) is 1. The van der Waals surface area contributed by atoms with E-state index in [9.17, 15) is 4.79 Å². The van der Waals surface area contributed by atoms with E-state index in [0.29, 0.717) is 6.54 Å². The van der Waals surface area contributed by atoms with Crippen molar-refractivity contribution < 1.29 is 4.79 Å². The van der Waals surface area contributed by atoms with Crippen molar-refractivity contribution >= 4 is 5.91 Å². The molecule has 0 aliphatic carbocycles. The van der Waals surface area contributed by atoms with Gasteiger partial charge in [0.2, 0.25) is 0 Å². The first-order chi connectivity index (χ1) is 7.31. The Balaban J connectivity index is 2.17. The zero-order valence-corrected chi connectivity index (χ0v) is 8.78. The summed E-state index contributed by atoms with van der Waals surface area (Å²) >= 11 is 0. The third-order valence-corrected chi connectivity index (χ3v) is 2.80. The van der Waals surface area contributed by atoms with Gasteiger partial charge in [0.1, 0.15) is 0 Å². The van der Waals surface area contributed by atoms with Crippen LogP contribution in [0.15, 0.2) is 24.3 Å². The second-order valence-electron chi connectivity index (χ2n) is 3.90. The fourth-order valence-electron chi connectivity index (χ4n) is 1.93. The minimum Gasteiger partial charge on any atom is -0.339 e. The van der Waals surface area contributed by atoms with Crippen molar-refractivity contribution in [2.75, 3.05) is 13.1 Å². The third kappa shape index (κ3) is 2.18. The van der Waals surface area contributed by atoms with E-state index < -0.39 is 0 Å². The van der Waals surface area contributed by atoms with Gasteiger partial charge in [0.25, 0.3) is 5.91 Å². The second kappa shape index (κ2) is 4.45. The van der Waals surface area contributed by atoms with Crippen LogP contribution in [0.25, 0.3) is 0 Å². The number of carbonyl (C=O) groups is 1. The van der Waals surface area contributed by atoms with Gasteiger partial charge in [-0.2, -0.15) is 0 Å². The number of amides is 1. The van der Waals surface area contributed by atoms with Crippen LogP contribution in [0, 0.1) is 0 Å². The van der Waals surface area contributed by atoms with Gasteiger partial charge in [-0.15, -0.1) is 0 Å². The maximum atomic E-state index is 12.0. The van der Waals surface area contributed by atoms with E-state index in [1.165, 1.54) is 0 Å². The van der Waals surface area contributed by atoms with Crippen molar-refractivity contribution in [3.8, 4) is 0 Å². The molecule has 2 rings (SSSR count). The molecule has 3 heteroatoms. The summed E-state index contributed by atoms with van der Waals surface area (Å²) in [5, 5.41) is 0. The molecule has 1 fully saturated rings. The van der Waals surface area contributed by atoms with Crippen LogP contribution in [-0.2, 0) is 6.54 Å². The van der Waals surface area contributed by atoms with E-state index >= 15 is 0 Å². The van der Waals surface area contributed by atoms with Gasteiger partial charge in [-0.25, -0.2) is 0 Å². The number of nitrogens with zero attached hydrogens (tertiary/aromatic N) is 1. The standard InChI is InChI=1S/C12H16N2O/c13-9-10-4-3-5-11(8-10)12(15)14-6-1-2-7-14/h3-5,8H,1-2,6-7,9,13H2. The molecule has 1 aliphatic heterocycles. The van der Waals surface area contributed by atoms with Gasteiger partial charge in [-0.3, -0.25) is 4.79 Å². The first kappa shape index (κ1) is 10.2. The topological polar surface area (TPSA) is 46.3 Å². The van der Waals surface area contributed by atoms with Crippen LogP contribution in [0.2, 0.25) is 0 Å². The van der Waals surface area contributed by atoms with Crippen molar-refractivity contribution in [1.29, 1.82) is 0 Å². The summed E-state index contributed by atoms with van der Waals surface area (Å²) in [5.74, 6) is 0.141. The van der Waals surface area contributed by atoms with Gasteiger partial charge >= 0.3 is 0 Å². The van der Waals surface area contributed by atoms with Crippen molar-refractivity contribution in [2.45, 2.75) is 19.4 Å². The Labute approximate surface area is 89.9 Å². The predicted octanol–water partition coefficient (Wildman–Crippen LogP) is 1.38. The van der Waals surface area contributed by atoms with E-state index in [2.05, 4.69) is 0 Å². The molecule has 15 heavy (non-hydrogen) atoms. The molecule has 1 saturated heterocycles. The van der Waals surface area contributed by atoms with Gasteiger partial charge in [0.05, 0.1) is 0 Å². The normalized spacial score (nSPS) is 15.7. The van der Waals surface area contributed by atoms with Crippen LogP contribution in [0.5, 0.6) is 0 Å². The highest BCUT2D eigenvalue weighted by Crippen LogP contribution is 2.13. The molecule has 0 spiro atoms. The van der Waals surface area contributed by atoms with Crippen molar-refractivity contribution in [2.24, 2.45) is 5.73 Å². The number of hydrogen-bond donors (Lipinski definition) is 1. The molecule has 1 amide bonds. The molecule has 0 saturated carbocycles. The number of rotatable bonds is 2. The SMILES string of the molecule is NCc1cccc(C(=O)N2CCCC2)c1. The number of benzene rings is 1. The Bertz CT molecular complexity index is 356. The van der Waals surface area contributed by atoms with E-state index in [4.69, 9.17) is 5.73 Å². The lowest BCUT2D eigenvalue weighted by molar-refractivity contribution is 0.0792. The first-order valence-corrected chi connectivity index (χ1v) is 5.39. The second-order valence-corrected chi connectivity index (χ2v) is 3.90. The van der Waals surface area contributed by atoms with Crippen molar-refractivity contribution in [3.05, 3.63) is 35.4 Å². The first-order valence-electron chi connectivity index (χ1n) is 5.39. The average molecular weight is 204 g/mol. The molecule has 1 aliphatic rings. The van der Waals surface area contributed by atoms with E-state index in [1.54, 1.807) is 0 Å². The average Bonchev–Trinajstić information content (AvgIpc) is 2.81. The smallest absolute Gasteiger partial charge is 0.253 e. The quantitative estimate of drug-likeness (QED) is 0.791. The Kier molecular flexibility index (Phi) is 3.02. The van der Waals surface area contributed by atoms with E-state index in [0.717, 1.165) is 37.1 Å². The van der Waals surface area contributed by atoms with E-state index in [1.807, 2.05) is 29.2 Å². The van der Waals surface area contributed by atoms with Crippen LogP contribution >= 0.6 is 0 Å². The highest BCUT2D eigenvalue weighted by atomic mass is 16.2. The lowest BCUT2D eigenvalue weighted by atomic mass is 10.1. The van der Waals surface area contributed by atoms with Crippen LogP contribution in [-0.4, -0.2) is 23.9 Å². The van der Waals surface area contributed by atoms with Crippen LogP contribution < -0.4 is 5.73 Å². The highest BCUT2D eigenvalue weighted by Gasteiger charge is 2.19. The molecular formula is C12H16N2O. The summed E-state index contributed by atoms with van der Waals surface area (Å²) in [6, 6.07) is 7.59. The lowest BCUT2D eigenvalue weighted by Crippen LogP contribution is -2.27. The molecule has 2 N–H and O–H groups in total. The Hall–Kier alpha value is -1.35. The van der Waals surface area contributed by atoms with Crippen LogP contribution in [0.4, 0.5) is 0 Å². The molecule has 0 bridgehead atoms. The molecule has 1 aromatic carbocycles. The largest absolute Gasteiger partial charge is 0.339 e. The predicted molar refractivity (Wildman–Crippen MR) is 59.5 cm³/mol. The molecule has 1 heterocycles. The molecule has 80 valence electrons.